The number of carbonyl (C=O) groups excluding carboxylic acids is 1. The Morgan fingerprint density at radius 3 is 2.64 bits per heavy atom. The normalized spacial score (nSPS) is 10.6. The molecule has 0 radical (unpaired) electrons. The van der Waals surface area contributed by atoms with E-state index in [1.54, 1.807) is 0 Å². The first-order valence-corrected chi connectivity index (χ1v) is 7.33. The highest BCUT2D eigenvalue weighted by Crippen LogP contribution is 2.17. The van der Waals surface area contributed by atoms with Gasteiger partial charge < -0.3 is 14.6 Å². The molecule has 3 aromatic rings. The van der Waals surface area contributed by atoms with Gasteiger partial charge in [-0.25, -0.2) is 0 Å². The Kier molecular flexibility index (Phi) is 4.10. The highest BCUT2D eigenvalue weighted by atomic mass is 16.5. The molecule has 0 bridgehead atoms. The van der Waals surface area contributed by atoms with Gasteiger partial charge in [-0.05, 0) is 48.7 Å². The Morgan fingerprint density at radius 2 is 1.86 bits per heavy atom. The number of fused-ring (bicyclic) bond motifs is 1. The van der Waals surface area contributed by atoms with Crippen LogP contribution in [0.25, 0.3) is 10.9 Å². The summed E-state index contributed by atoms with van der Waals surface area (Å²) in [5.74, 6) is 0.752. The summed E-state index contributed by atoms with van der Waals surface area (Å²) in [6.07, 6.45) is 1.93. The minimum Gasteiger partial charge on any atom is -0.494 e. The Bertz CT molecular complexity index is 775. The van der Waals surface area contributed by atoms with E-state index in [1.165, 1.54) is 0 Å². The maximum absolute atomic E-state index is 12.2. The van der Waals surface area contributed by atoms with Crippen LogP contribution in [0.1, 0.15) is 6.92 Å². The van der Waals surface area contributed by atoms with Gasteiger partial charge in [0.15, 0.2) is 0 Å². The van der Waals surface area contributed by atoms with Crippen LogP contribution >= 0.6 is 0 Å². The summed E-state index contributed by atoms with van der Waals surface area (Å²) in [4.78, 5) is 12.2. The van der Waals surface area contributed by atoms with Crippen molar-refractivity contribution in [3.05, 3.63) is 60.8 Å². The summed E-state index contributed by atoms with van der Waals surface area (Å²) in [7, 11) is 0. The van der Waals surface area contributed by atoms with E-state index >= 15 is 0 Å². The predicted octanol–water partition coefficient (Wildman–Crippen LogP) is 3.68. The SMILES string of the molecule is CCOc1ccc(NC(=O)Cn2ccc3ccccc32)cc1. The van der Waals surface area contributed by atoms with Gasteiger partial charge in [0.1, 0.15) is 12.3 Å². The molecule has 0 aliphatic carbocycles. The van der Waals surface area contributed by atoms with Crippen molar-refractivity contribution in [2.24, 2.45) is 0 Å². The molecule has 4 heteroatoms. The molecule has 0 fully saturated rings. The smallest absolute Gasteiger partial charge is 0.244 e. The van der Waals surface area contributed by atoms with Crippen LogP contribution in [0.5, 0.6) is 5.75 Å². The number of nitrogens with one attached hydrogen (secondary N) is 1. The van der Waals surface area contributed by atoms with Crippen molar-refractivity contribution in [1.29, 1.82) is 0 Å². The fourth-order valence-electron chi connectivity index (χ4n) is 2.43. The molecule has 3 rings (SSSR count). The number of rotatable bonds is 5. The Morgan fingerprint density at radius 1 is 1.09 bits per heavy atom. The van der Waals surface area contributed by atoms with Crippen molar-refractivity contribution in [2.45, 2.75) is 13.5 Å². The molecule has 2 aromatic carbocycles. The van der Waals surface area contributed by atoms with Gasteiger partial charge in [0.25, 0.3) is 0 Å². The maximum Gasteiger partial charge on any atom is 0.244 e. The van der Waals surface area contributed by atoms with Gasteiger partial charge in [-0.2, -0.15) is 0 Å². The Labute approximate surface area is 129 Å². The van der Waals surface area contributed by atoms with E-state index in [2.05, 4.69) is 5.32 Å². The van der Waals surface area contributed by atoms with Crippen molar-refractivity contribution < 1.29 is 9.53 Å². The zero-order chi connectivity index (χ0) is 15.4. The molecule has 22 heavy (non-hydrogen) atoms. The molecule has 0 aliphatic rings. The van der Waals surface area contributed by atoms with Crippen LogP contribution in [0, 0.1) is 0 Å². The lowest BCUT2D eigenvalue weighted by Gasteiger charge is -2.08. The number of amides is 1. The first kappa shape index (κ1) is 14.2. The van der Waals surface area contributed by atoms with Crippen molar-refractivity contribution >= 4 is 22.5 Å². The molecule has 1 N–H and O–H groups in total. The second kappa shape index (κ2) is 6.35. The highest BCUT2D eigenvalue weighted by molar-refractivity contribution is 5.92. The van der Waals surface area contributed by atoms with Gasteiger partial charge in [0, 0.05) is 17.4 Å². The number of benzene rings is 2. The maximum atomic E-state index is 12.2. The van der Waals surface area contributed by atoms with Gasteiger partial charge in [-0.1, -0.05) is 18.2 Å². The van der Waals surface area contributed by atoms with Crippen LogP contribution in [-0.4, -0.2) is 17.1 Å². The second-order valence-electron chi connectivity index (χ2n) is 5.01. The first-order valence-electron chi connectivity index (χ1n) is 7.33. The standard InChI is InChI=1S/C18H18N2O2/c1-2-22-16-9-7-15(8-10-16)19-18(21)13-20-12-11-14-5-3-4-6-17(14)20/h3-12H,2,13H2,1H3,(H,19,21). The van der Waals surface area contributed by atoms with Gasteiger partial charge in [-0.3, -0.25) is 4.79 Å². The summed E-state index contributed by atoms with van der Waals surface area (Å²) in [6.45, 7) is 2.87. The highest BCUT2D eigenvalue weighted by Gasteiger charge is 2.06. The first-order chi connectivity index (χ1) is 10.8. The summed E-state index contributed by atoms with van der Waals surface area (Å²) in [6, 6.07) is 17.4. The molecular formula is C18H18N2O2. The third-order valence-corrected chi connectivity index (χ3v) is 3.44. The predicted molar refractivity (Wildman–Crippen MR) is 88.2 cm³/mol. The van der Waals surface area contributed by atoms with E-state index in [1.807, 2.05) is 72.3 Å². The van der Waals surface area contributed by atoms with Crippen LogP contribution < -0.4 is 10.1 Å². The molecule has 0 saturated heterocycles. The number of nitrogens with zero attached hydrogens (tertiary/aromatic N) is 1. The number of carbonyl (C=O) groups is 1. The molecule has 0 aliphatic heterocycles. The minimum atomic E-state index is -0.0505. The molecular weight excluding hydrogens is 276 g/mol. The van der Waals surface area contributed by atoms with Crippen molar-refractivity contribution in [3.63, 3.8) is 0 Å². The topological polar surface area (TPSA) is 43.3 Å². The van der Waals surface area contributed by atoms with Crippen LogP contribution in [-0.2, 0) is 11.3 Å². The van der Waals surface area contributed by atoms with Gasteiger partial charge in [0.2, 0.25) is 5.91 Å². The third-order valence-electron chi connectivity index (χ3n) is 3.44. The zero-order valence-electron chi connectivity index (χ0n) is 12.5. The summed E-state index contributed by atoms with van der Waals surface area (Å²) < 4.78 is 7.33. The molecule has 4 nitrogen and oxygen atoms in total. The lowest BCUT2D eigenvalue weighted by Crippen LogP contribution is -2.18. The van der Waals surface area contributed by atoms with E-state index in [0.29, 0.717) is 13.2 Å². The zero-order valence-corrected chi connectivity index (χ0v) is 12.5. The molecule has 1 heterocycles. The van der Waals surface area contributed by atoms with E-state index in [9.17, 15) is 4.79 Å². The monoisotopic (exact) mass is 294 g/mol. The van der Waals surface area contributed by atoms with Crippen LogP contribution in [0.15, 0.2) is 60.8 Å². The number of aromatic nitrogens is 1. The second-order valence-corrected chi connectivity index (χ2v) is 5.01. The van der Waals surface area contributed by atoms with E-state index in [0.717, 1.165) is 22.3 Å². The van der Waals surface area contributed by atoms with Crippen LogP contribution in [0.4, 0.5) is 5.69 Å². The quantitative estimate of drug-likeness (QED) is 0.780. The lowest BCUT2D eigenvalue weighted by molar-refractivity contribution is -0.116. The minimum absolute atomic E-state index is 0.0505. The number of para-hydroxylation sites is 1. The number of hydrogen-bond acceptors (Lipinski definition) is 2. The van der Waals surface area contributed by atoms with Crippen molar-refractivity contribution in [2.75, 3.05) is 11.9 Å². The van der Waals surface area contributed by atoms with E-state index in [-0.39, 0.29) is 5.91 Å². The van der Waals surface area contributed by atoms with Gasteiger partial charge in [-0.15, -0.1) is 0 Å². The molecule has 1 aromatic heterocycles. The van der Waals surface area contributed by atoms with E-state index < -0.39 is 0 Å². The third kappa shape index (κ3) is 3.11. The number of hydrogen-bond donors (Lipinski definition) is 1. The lowest BCUT2D eigenvalue weighted by atomic mass is 10.2. The number of anilines is 1. The molecule has 112 valence electrons. The average Bonchev–Trinajstić information content (AvgIpc) is 2.93. The molecule has 0 saturated carbocycles. The van der Waals surface area contributed by atoms with Gasteiger partial charge in [0.05, 0.1) is 6.61 Å². The Balaban J connectivity index is 1.67. The molecule has 0 atom stereocenters. The summed E-state index contributed by atoms with van der Waals surface area (Å²) in [5, 5.41) is 4.03. The summed E-state index contributed by atoms with van der Waals surface area (Å²) >= 11 is 0. The number of ether oxygens (including phenoxy) is 1. The Hall–Kier alpha value is -2.75. The average molecular weight is 294 g/mol. The fourth-order valence-corrected chi connectivity index (χ4v) is 2.43. The summed E-state index contributed by atoms with van der Waals surface area (Å²) in [5.41, 5.74) is 1.83. The van der Waals surface area contributed by atoms with Crippen LogP contribution in [0.2, 0.25) is 0 Å². The van der Waals surface area contributed by atoms with Crippen molar-refractivity contribution in [3.8, 4) is 5.75 Å². The largest absolute Gasteiger partial charge is 0.494 e. The molecule has 0 unspecified atom stereocenters. The van der Waals surface area contributed by atoms with Crippen LogP contribution in [0.3, 0.4) is 0 Å². The molecule has 0 spiro atoms. The van der Waals surface area contributed by atoms with E-state index in [4.69, 9.17) is 4.74 Å². The van der Waals surface area contributed by atoms with Crippen molar-refractivity contribution in [1.82, 2.24) is 4.57 Å². The van der Waals surface area contributed by atoms with Gasteiger partial charge >= 0.3 is 0 Å². The molecule has 1 amide bonds. The fraction of sp³-hybridized carbons (Fsp3) is 0.167.